The van der Waals surface area contributed by atoms with Gasteiger partial charge < -0.3 is 10.6 Å². The number of nitrogens with one attached hydrogen (secondary N) is 2. The molecule has 1 atom stereocenters. The van der Waals surface area contributed by atoms with Gasteiger partial charge in [0.2, 0.25) is 5.91 Å². The summed E-state index contributed by atoms with van der Waals surface area (Å²) in [5.74, 6) is -0.141. The Hall–Kier alpha value is -1.53. The van der Waals surface area contributed by atoms with Crippen molar-refractivity contribution in [2.75, 3.05) is 5.32 Å². The van der Waals surface area contributed by atoms with Crippen LogP contribution in [0.15, 0.2) is 29.3 Å². The van der Waals surface area contributed by atoms with Gasteiger partial charge >= 0.3 is 6.03 Å². The van der Waals surface area contributed by atoms with E-state index in [1.165, 1.54) is 11.8 Å². The van der Waals surface area contributed by atoms with E-state index in [2.05, 4.69) is 15.6 Å². The van der Waals surface area contributed by atoms with E-state index in [0.29, 0.717) is 15.9 Å². The Bertz CT molecular complexity index is 516. The van der Waals surface area contributed by atoms with Crippen LogP contribution in [0, 0.1) is 0 Å². The quantitative estimate of drug-likeness (QED) is 0.832. The average molecular weight is 284 g/mol. The third-order valence-electron chi connectivity index (χ3n) is 2.19. The Labute approximate surface area is 113 Å². The number of aliphatic imine (C=N–C) groups is 1. The Morgan fingerprint density at radius 3 is 2.67 bits per heavy atom. The molecule has 0 radical (unpaired) electrons. The molecule has 1 heterocycles. The first-order valence-corrected chi connectivity index (χ1v) is 6.43. The smallest absolute Gasteiger partial charge is 0.306 e. The molecule has 1 aliphatic heterocycles. The number of rotatable bonds is 1. The van der Waals surface area contributed by atoms with Gasteiger partial charge in [-0.05, 0) is 31.2 Å². The van der Waals surface area contributed by atoms with Crippen molar-refractivity contribution in [2.24, 2.45) is 4.99 Å². The lowest BCUT2D eigenvalue weighted by Crippen LogP contribution is -2.24. The van der Waals surface area contributed by atoms with Crippen molar-refractivity contribution < 1.29 is 9.59 Å². The summed E-state index contributed by atoms with van der Waals surface area (Å²) in [7, 11) is 0. The number of carbonyl (C=O) groups excluding carboxylic acids is 2. The maximum absolute atomic E-state index is 11.6. The molecule has 94 valence electrons. The van der Waals surface area contributed by atoms with Gasteiger partial charge in [0.25, 0.3) is 0 Å². The van der Waals surface area contributed by atoms with Crippen LogP contribution in [0.25, 0.3) is 0 Å². The molecule has 0 bridgehead atoms. The van der Waals surface area contributed by atoms with E-state index < -0.39 is 6.03 Å². The number of benzene rings is 1. The molecule has 1 saturated heterocycles. The zero-order chi connectivity index (χ0) is 13.1. The largest absolute Gasteiger partial charge is 0.347 e. The highest BCUT2D eigenvalue weighted by molar-refractivity contribution is 8.15. The maximum Gasteiger partial charge on any atom is 0.347 e. The monoisotopic (exact) mass is 283 g/mol. The van der Waals surface area contributed by atoms with E-state index >= 15 is 0 Å². The molecule has 0 spiro atoms. The fraction of sp³-hybridized carbons (Fsp3) is 0.182. The summed E-state index contributed by atoms with van der Waals surface area (Å²) >= 11 is 6.95. The average Bonchev–Trinajstić information content (AvgIpc) is 2.61. The lowest BCUT2D eigenvalue weighted by molar-refractivity contribution is -0.118. The van der Waals surface area contributed by atoms with E-state index in [1.807, 2.05) is 0 Å². The van der Waals surface area contributed by atoms with Gasteiger partial charge in [0.1, 0.15) is 0 Å². The Balaban J connectivity index is 1.99. The van der Waals surface area contributed by atoms with Crippen molar-refractivity contribution in [2.45, 2.75) is 12.2 Å². The highest BCUT2D eigenvalue weighted by atomic mass is 35.5. The molecule has 1 fully saturated rings. The summed E-state index contributed by atoms with van der Waals surface area (Å²) in [5, 5.41) is 5.79. The van der Waals surface area contributed by atoms with Gasteiger partial charge in [-0.2, -0.15) is 4.99 Å². The van der Waals surface area contributed by atoms with Crippen LogP contribution in [0.4, 0.5) is 10.5 Å². The predicted molar refractivity (Wildman–Crippen MR) is 73.1 cm³/mol. The minimum absolute atomic E-state index is 0.141. The van der Waals surface area contributed by atoms with Crippen molar-refractivity contribution in [3.63, 3.8) is 0 Å². The molecular weight excluding hydrogens is 274 g/mol. The van der Waals surface area contributed by atoms with Gasteiger partial charge in [0.15, 0.2) is 5.17 Å². The summed E-state index contributed by atoms with van der Waals surface area (Å²) in [5.41, 5.74) is 0.594. The molecular formula is C11H10ClN3O2S. The number of nitrogens with zero attached hydrogens (tertiary/aromatic N) is 1. The van der Waals surface area contributed by atoms with Gasteiger partial charge in [-0.15, -0.1) is 0 Å². The molecule has 1 unspecified atom stereocenters. The molecule has 3 amide bonds. The molecule has 5 nitrogen and oxygen atoms in total. The van der Waals surface area contributed by atoms with Crippen molar-refractivity contribution in [3.05, 3.63) is 29.3 Å². The van der Waals surface area contributed by atoms with Crippen molar-refractivity contribution in [1.82, 2.24) is 5.32 Å². The van der Waals surface area contributed by atoms with E-state index in [9.17, 15) is 9.59 Å². The molecule has 0 saturated carbocycles. The standard InChI is InChI=1S/C11H10ClN3O2S/c1-6-9(16)14-11(18-6)15-10(17)13-8-4-2-7(12)3-5-8/h2-6H,1H3,(H2,13,14,15,16,17). The third-order valence-corrected chi connectivity index (χ3v) is 3.42. The van der Waals surface area contributed by atoms with Crippen LogP contribution in [0.3, 0.4) is 0 Å². The maximum atomic E-state index is 11.6. The molecule has 2 N–H and O–H groups in total. The van der Waals surface area contributed by atoms with Crippen LogP contribution < -0.4 is 10.6 Å². The first kappa shape index (κ1) is 12.9. The van der Waals surface area contributed by atoms with E-state index in [-0.39, 0.29) is 11.2 Å². The molecule has 7 heteroatoms. The van der Waals surface area contributed by atoms with Crippen molar-refractivity contribution in [3.8, 4) is 0 Å². The third kappa shape index (κ3) is 3.24. The molecule has 0 aromatic heterocycles. The number of amidine groups is 1. The minimum atomic E-state index is -0.533. The van der Waals surface area contributed by atoms with Gasteiger partial charge in [-0.1, -0.05) is 23.4 Å². The lowest BCUT2D eigenvalue weighted by atomic mass is 10.3. The van der Waals surface area contributed by atoms with E-state index in [1.54, 1.807) is 31.2 Å². The Morgan fingerprint density at radius 2 is 2.11 bits per heavy atom. The lowest BCUT2D eigenvalue weighted by Gasteiger charge is -2.01. The highest BCUT2D eigenvalue weighted by Gasteiger charge is 2.26. The molecule has 0 aliphatic carbocycles. The molecule has 1 aromatic rings. The summed E-state index contributed by atoms with van der Waals surface area (Å²) < 4.78 is 0. The number of hydrogen-bond acceptors (Lipinski definition) is 3. The topological polar surface area (TPSA) is 70.6 Å². The highest BCUT2D eigenvalue weighted by Crippen LogP contribution is 2.19. The number of thioether (sulfide) groups is 1. The van der Waals surface area contributed by atoms with Crippen LogP contribution in [0.2, 0.25) is 5.02 Å². The number of amides is 3. The number of anilines is 1. The first-order chi connectivity index (χ1) is 8.54. The number of hydrogen-bond donors (Lipinski definition) is 2. The summed E-state index contributed by atoms with van der Waals surface area (Å²) in [4.78, 5) is 26.5. The van der Waals surface area contributed by atoms with Gasteiger partial charge in [-0.25, -0.2) is 4.79 Å². The van der Waals surface area contributed by atoms with Crippen molar-refractivity contribution in [1.29, 1.82) is 0 Å². The fourth-order valence-electron chi connectivity index (χ4n) is 1.29. The number of urea groups is 1. The first-order valence-electron chi connectivity index (χ1n) is 5.17. The Kier molecular flexibility index (Phi) is 3.88. The van der Waals surface area contributed by atoms with E-state index in [0.717, 1.165) is 0 Å². The van der Waals surface area contributed by atoms with Crippen molar-refractivity contribution >= 4 is 46.2 Å². The Morgan fingerprint density at radius 1 is 1.44 bits per heavy atom. The van der Waals surface area contributed by atoms with Gasteiger partial charge in [0, 0.05) is 10.7 Å². The molecule has 2 rings (SSSR count). The second kappa shape index (κ2) is 5.41. The summed E-state index contributed by atoms with van der Waals surface area (Å²) in [6, 6.07) is 6.14. The SMILES string of the molecule is CC1SC(=NC(=O)Nc2ccc(Cl)cc2)NC1=O. The fourth-order valence-corrected chi connectivity index (χ4v) is 2.21. The van der Waals surface area contributed by atoms with Crippen LogP contribution >= 0.6 is 23.4 Å². The van der Waals surface area contributed by atoms with Crippen LogP contribution in [-0.2, 0) is 4.79 Å². The molecule has 1 aliphatic rings. The number of halogens is 1. The van der Waals surface area contributed by atoms with E-state index in [4.69, 9.17) is 11.6 Å². The summed E-state index contributed by atoms with van der Waals surface area (Å²) in [6.07, 6.45) is 0. The van der Waals surface area contributed by atoms with Gasteiger partial charge in [0.05, 0.1) is 5.25 Å². The minimum Gasteiger partial charge on any atom is -0.306 e. The molecule has 18 heavy (non-hydrogen) atoms. The second-order valence-electron chi connectivity index (χ2n) is 3.60. The zero-order valence-corrected chi connectivity index (χ0v) is 11.0. The van der Waals surface area contributed by atoms with Crippen LogP contribution in [-0.4, -0.2) is 22.4 Å². The predicted octanol–water partition coefficient (Wildman–Crippen LogP) is 2.48. The zero-order valence-electron chi connectivity index (χ0n) is 9.44. The van der Waals surface area contributed by atoms with Crippen LogP contribution in [0.5, 0.6) is 0 Å². The van der Waals surface area contributed by atoms with Gasteiger partial charge in [-0.3, -0.25) is 4.79 Å². The second-order valence-corrected chi connectivity index (χ2v) is 5.37. The molecule has 1 aromatic carbocycles. The number of carbonyl (C=O) groups is 2. The normalized spacial score (nSPS) is 20.9. The van der Waals surface area contributed by atoms with Crippen LogP contribution in [0.1, 0.15) is 6.92 Å². The summed E-state index contributed by atoms with van der Waals surface area (Å²) in [6.45, 7) is 1.75.